The van der Waals surface area contributed by atoms with Crippen LogP contribution in [0.25, 0.3) is 0 Å². The Hall–Kier alpha value is -3.35. The third-order valence-corrected chi connectivity index (χ3v) is 5.32. The third-order valence-electron chi connectivity index (χ3n) is 5.32. The number of para-hydroxylation sites is 2. The van der Waals surface area contributed by atoms with E-state index in [4.69, 9.17) is 4.74 Å². The van der Waals surface area contributed by atoms with Gasteiger partial charge in [0.2, 0.25) is 11.8 Å². The average molecular weight is 409 g/mol. The zero-order valence-corrected chi connectivity index (χ0v) is 17.6. The van der Waals surface area contributed by atoms with E-state index in [1.165, 1.54) is 0 Å². The van der Waals surface area contributed by atoms with Crippen molar-refractivity contribution in [2.45, 2.75) is 20.3 Å². The number of carbonyl (C=O) groups excluding carboxylic acids is 3. The summed E-state index contributed by atoms with van der Waals surface area (Å²) in [6, 6.07) is 14.1. The second-order valence-corrected chi connectivity index (χ2v) is 7.12. The average Bonchev–Trinajstić information content (AvgIpc) is 3.16. The normalized spacial score (nSPS) is 15.8. The summed E-state index contributed by atoms with van der Waals surface area (Å²) in [6.45, 7) is 5.46. The molecule has 0 aliphatic carbocycles. The number of ether oxygens (including phenoxy) is 1. The Morgan fingerprint density at radius 1 is 1.10 bits per heavy atom. The highest BCUT2D eigenvalue weighted by Crippen LogP contribution is 2.33. The Morgan fingerprint density at radius 3 is 2.40 bits per heavy atom. The lowest BCUT2D eigenvalue weighted by atomic mass is 10.1. The summed E-state index contributed by atoms with van der Waals surface area (Å²) in [5, 5.41) is 2.85. The molecular weight excluding hydrogens is 382 g/mol. The summed E-state index contributed by atoms with van der Waals surface area (Å²) < 4.78 is 5.34. The largest absolute Gasteiger partial charge is 0.495 e. The summed E-state index contributed by atoms with van der Waals surface area (Å²) in [6.07, 6.45) is 0.141. The molecule has 0 spiro atoms. The van der Waals surface area contributed by atoms with Crippen LogP contribution in [0.5, 0.6) is 5.75 Å². The molecule has 0 aromatic heterocycles. The van der Waals surface area contributed by atoms with Crippen LogP contribution < -0.4 is 15.0 Å². The topological polar surface area (TPSA) is 79.0 Å². The van der Waals surface area contributed by atoms with Crippen LogP contribution in [0.3, 0.4) is 0 Å². The van der Waals surface area contributed by atoms with E-state index in [1.54, 1.807) is 47.2 Å². The van der Waals surface area contributed by atoms with Crippen LogP contribution in [0.4, 0.5) is 11.4 Å². The number of amides is 3. The molecule has 0 saturated carbocycles. The fraction of sp³-hybridized carbons (Fsp3) is 0.348. The molecule has 7 heteroatoms. The van der Waals surface area contributed by atoms with E-state index in [0.29, 0.717) is 42.3 Å². The van der Waals surface area contributed by atoms with Crippen LogP contribution in [-0.2, 0) is 9.59 Å². The molecule has 2 aromatic carbocycles. The zero-order valence-electron chi connectivity index (χ0n) is 17.6. The van der Waals surface area contributed by atoms with Crippen LogP contribution in [0.2, 0.25) is 0 Å². The Morgan fingerprint density at radius 2 is 1.77 bits per heavy atom. The molecule has 1 N–H and O–H groups in total. The molecule has 3 amide bonds. The standard InChI is InChI=1S/C23H27N3O4/c1-4-25(5-2)23(29)16-10-12-18(13-11-16)24-22(28)17-14-21(27)26(15-17)19-8-6-7-9-20(19)30-3/h6-13,17H,4-5,14-15H2,1-3H3,(H,24,28)/t17-/m1/s1. The molecule has 158 valence electrons. The van der Waals surface area contributed by atoms with Crippen molar-refractivity contribution in [3.63, 3.8) is 0 Å². The number of nitrogens with one attached hydrogen (secondary N) is 1. The number of hydrogen-bond donors (Lipinski definition) is 1. The fourth-order valence-corrected chi connectivity index (χ4v) is 3.60. The minimum atomic E-state index is -0.459. The van der Waals surface area contributed by atoms with Crippen LogP contribution in [-0.4, -0.2) is 49.4 Å². The molecule has 1 heterocycles. The maximum absolute atomic E-state index is 12.7. The van der Waals surface area contributed by atoms with Crippen LogP contribution in [0.1, 0.15) is 30.6 Å². The van der Waals surface area contributed by atoms with Gasteiger partial charge in [0.1, 0.15) is 5.75 Å². The summed E-state index contributed by atoms with van der Waals surface area (Å²) >= 11 is 0. The highest BCUT2D eigenvalue weighted by molar-refractivity contribution is 6.04. The van der Waals surface area contributed by atoms with Crippen molar-refractivity contribution in [3.05, 3.63) is 54.1 Å². The number of nitrogens with zero attached hydrogens (tertiary/aromatic N) is 2. The number of benzene rings is 2. The number of methoxy groups -OCH3 is 1. The van der Waals surface area contributed by atoms with Gasteiger partial charge in [0.15, 0.2) is 0 Å². The molecule has 1 atom stereocenters. The van der Waals surface area contributed by atoms with Gasteiger partial charge in [-0.05, 0) is 50.2 Å². The van der Waals surface area contributed by atoms with Crippen molar-refractivity contribution in [1.29, 1.82) is 0 Å². The van der Waals surface area contributed by atoms with Crippen molar-refractivity contribution in [1.82, 2.24) is 4.90 Å². The lowest BCUT2D eigenvalue weighted by molar-refractivity contribution is -0.122. The summed E-state index contributed by atoms with van der Waals surface area (Å²) in [5.41, 5.74) is 1.84. The van der Waals surface area contributed by atoms with Crippen molar-refractivity contribution in [3.8, 4) is 5.75 Å². The van der Waals surface area contributed by atoms with E-state index in [-0.39, 0.29) is 24.1 Å². The van der Waals surface area contributed by atoms with E-state index in [9.17, 15) is 14.4 Å². The van der Waals surface area contributed by atoms with E-state index < -0.39 is 5.92 Å². The van der Waals surface area contributed by atoms with Crippen LogP contribution in [0.15, 0.2) is 48.5 Å². The maximum atomic E-state index is 12.7. The number of carbonyl (C=O) groups is 3. The Balaban J connectivity index is 1.65. The molecule has 0 radical (unpaired) electrons. The van der Waals surface area contributed by atoms with E-state index in [1.807, 2.05) is 32.0 Å². The first-order chi connectivity index (χ1) is 14.5. The molecule has 3 rings (SSSR count). The predicted molar refractivity (Wildman–Crippen MR) is 116 cm³/mol. The maximum Gasteiger partial charge on any atom is 0.253 e. The van der Waals surface area contributed by atoms with Gasteiger partial charge in [-0.25, -0.2) is 0 Å². The fourth-order valence-electron chi connectivity index (χ4n) is 3.60. The summed E-state index contributed by atoms with van der Waals surface area (Å²) in [4.78, 5) is 40.9. The molecule has 0 bridgehead atoms. The minimum absolute atomic E-state index is 0.0354. The van der Waals surface area contributed by atoms with Gasteiger partial charge in [0.25, 0.3) is 5.91 Å². The van der Waals surface area contributed by atoms with Crippen LogP contribution >= 0.6 is 0 Å². The van der Waals surface area contributed by atoms with Gasteiger partial charge in [-0.15, -0.1) is 0 Å². The smallest absolute Gasteiger partial charge is 0.253 e. The first-order valence-electron chi connectivity index (χ1n) is 10.1. The molecule has 1 saturated heterocycles. The second-order valence-electron chi connectivity index (χ2n) is 7.12. The molecule has 1 aliphatic rings. The highest BCUT2D eigenvalue weighted by Gasteiger charge is 2.36. The van der Waals surface area contributed by atoms with Gasteiger partial charge >= 0.3 is 0 Å². The molecule has 30 heavy (non-hydrogen) atoms. The Kier molecular flexibility index (Phi) is 6.72. The second kappa shape index (κ2) is 9.43. The van der Waals surface area contributed by atoms with Crippen molar-refractivity contribution in [2.24, 2.45) is 5.92 Å². The van der Waals surface area contributed by atoms with E-state index >= 15 is 0 Å². The lowest BCUT2D eigenvalue weighted by Crippen LogP contribution is -2.30. The zero-order chi connectivity index (χ0) is 21.7. The first kappa shape index (κ1) is 21.4. The van der Waals surface area contributed by atoms with Gasteiger partial charge in [0, 0.05) is 37.3 Å². The molecule has 0 unspecified atom stereocenters. The van der Waals surface area contributed by atoms with Crippen molar-refractivity contribution >= 4 is 29.1 Å². The molecule has 7 nitrogen and oxygen atoms in total. The minimum Gasteiger partial charge on any atom is -0.495 e. The highest BCUT2D eigenvalue weighted by atomic mass is 16.5. The monoisotopic (exact) mass is 409 g/mol. The molecular formula is C23H27N3O4. The molecule has 1 fully saturated rings. The SMILES string of the molecule is CCN(CC)C(=O)c1ccc(NC(=O)[C@@H]2CC(=O)N(c3ccccc3OC)C2)cc1. The number of rotatable bonds is 7. The van der Waals surface area contributed by atoms with E-state index in [0.717, 1.165) is 0 Å². The van der Waals surface area contributed by atoms with Gasteiger partial charge in [-0.1, -0.05) is 12.1 Å². The quantitative estimate of drug-likeness (QED) is 0.762. The van der Waals surface area contributed by atoms with Gasteiger partial charge in [0.05, 0.1) is 18.7 Å². The molecule has 2 aromatic rings. The van der Waals surface area contributed by atoms with Gasteiger partial charge in [-0.2, -0.15) is 0 Å². The molecule has 1 aliphatic heterocycles. The first-order valence-corrected chi connectivity index (χ1v) is 10.1. The summed E-state index contributed by atoms with van der Waals surface area (Å²) in [5.74, 6) is -0.227. The van der Waals surface area contributed by atoms with Crippen molar-refractivity contribution in [2.75, 3.05) is 37.0 Å². The van der Waals surface area contributed by atoms with Crippen LogP contribution in [0, 0.1) is 5.92 Å². The Labute approximate surface area is 176 Å². The lowest BCUT2D eigenvalue weighted by Gasteiger charge is -2.19. The number of anilines is 2. The van der Waals surface area contributed by atoms with Gasteiger partial charge in [-0.3, -0.25) is 14.4 Å². The summed E-state index contributed by atoms with van der Waals surface area (Å²) in [7, 11) is 1.55. The van der Waals surface area contributed by atoms with Gasteiger partial charge < -0.3 is 19.9 Å². The van der Waals surface area contributed by atoms with Crippen molar-refractivity contribution < 1.29 is 19.1 Å². The Bertz CT molecular complexity index is 922. The number of hydrogen-bond acceptors (Lipinski definition) is 4. The third kappa shape index (κ3) is 4.45. The van der Waals surface area contributed by atoms with E-state index in [2.05, 4.69) is 5.32 Å². The predicted octanol–water partition coefficient (Wildman–Crippen LogP) is 3.17.